The molecule has 2 atom stereocenters. The first-order chi connectivity index (χ1) is 7.93. The predicted molar refractivity (Wildman–Crippen MR) is 63.6 cm³/mol. The van der Waals surface area contributed by atoms with Crippen molar-refractivity contribution in [3.05, 3.63) is 0 Å². The summed E-state index contributed by atoms with van der Waals surface area (Å²) in [6, 6.07) is 1.58. The molecule has 0 bridgehead atoms. The first kappa shape index (κ1) is 14.1. The molecule has 96 valence electrons. The predicted octanol–water partition coefficient (Wildman–Crippen LogP) is 1.06. The van der Waals surface area contributed by atoms with Crippen molar-refractivity contribution in [2.45, 2.75) is 50.8 Å². The first-order valence-electron chi connectivity index (χ1n) is 5.83. The summed E-state index contributed by atoms with van der Waals surface area (Å²) in [6.07, 6.45) is 2.00. The van der Waals surface area contributed by atoms with E-state index in [4.69, 9.17) is 5.26 Å². The van der Waals surface area contributed by atoms with Crippen LogP contribution in [0.15, 0.2) is 0 Å². The van der Waals surface area contributed by atoms with Crippen LogP contribution in [-0.4, -0.2) is 36.3 Å². The van der Waals surface area contributed by atoms with Gasteiger partial charge < -0.3 is 0 Å². The molecule has 6 heteroatoms. The normalized spacial score (nSPS) is 23.2. The Bertz CT molecular complexity index is 424. The molecule has 1 aliphatic heterocycles. The van der Waals surface area contributed by atoms with Gasteiger partial charge in [-0.15, -0.1) is 0 Å². The molecule has 1 rings (SSSR count). The van der Waals surface area contributed by atoms with E-state index in [0.29, 0.717) is 13.0 Å². The molecule has 0 amide bonds. The maximum Gasteiger partial charge on any atom is 0.230 e. The monoisotopic (exact) mass is 258 g/mol. The highest BCUT2D eigenvalue weighted by Gasteiger charge is 2.38. The minimum atomic E-state index is -3.58. The van der Waals surface area contributed by atoms with Gasteiger partial charge in [-0.25, -0.2) is 8.42 Å². The Morgan fingerprint density at radius 2 is 2.24 bits per heavy atom. The van der Waals surface area contributed by atoms with Crippen LogP contribution >= 0.6 is 0 Å². The summed E-state index contributed by atoms with van der Waals surface area (Å²) in [6.45, 7) is 3.57. The second kappa shape index (κ2) is 5.61. The zero-order valence-electron chi connectivity index (χ0n) is 10.2. The van der Waals surface area contributed by atoms with Gasteiger partial charge in [0.1, 0.15) is 5.78 Å². The van der Waals surface area contributed by atoms with Crippen LogP contribution in [-0.2, 0) is 14.8 Å². The molecular formula is C11H18N2O3S. The smallest absolute Gasteiger partial charge is 0.230 e. The minimum absolute atomic E-state index is 0.0119. The molecule has 1 fully saturated rings. The lowest BCUT2D eigenvalue weighted by Gasteiger charge is -2.25. The molecule has 2 unspecified atom stereocenters. The van der Waals surface area contributed by atoms with E-state index in [1.165, 1.54) is 11.2 Å². The summed E-state index contributed by atoms with van der Waals surface area (Å²) < 4.78 is 25.7. The summed E-state index contributed by atoms with van der Waals surface area (Å²) in [5.74, 6) is -0.0119. The van der Waals surface area contributed by atoms with Crippen molar-refractivity contribution in [3.63, 3.8) is 0 Å². The lowest BCUT2D eigenvalue weighted by atomic mass is 10.1. The molecule has 0 aliphatic carbocycles. The summed E-state index contributed by atoms with van der Waals surface area (Å²) in [5, 5.41) is 7.88. The quantitative estimate of drug-likeness (QED) is 0.738. The van der Waals surface area contributed by atoms with Gasteiger partial charge >= 0.3 is 0 Å². The minimum Gasteiger partial charge on any atom is -0.300 e. The van der Waals surface area contributed by atoms with E-state index in [-0.39, 0.29) is 24.7 Å². The second-order valence-electron chi connectivity index (χ2n) is 4.38. The molecule has 1 saturated heterocycles. The molecule has 0 aromatic heterocycles. The summed E-state index contributed by atoms with van der Waals surface area (Å²) in [5.41, 5.74) is 0. The zero-order chi connectivity index (χ0) is 13.1. The Hall–Kier alpha value is -0.930. The number of rotatable bonds is 5. The number of carbonyl (C=O) groups excluding carboxylic acids is 1. The third-order valence-corrected chi connectivity index (χ3v) is 5.34. The molecule has 17 heavy (non-hydrogen) atoms. The summed E-state index contributed by atoms with van der Waals surface area (Å²) in [7, 11) is -3.58. The number of sulfonamides is 1. The number of hydrogen-bond donors (Lipinski definition) is 0. The number of Topliss-reactive ketones (excluding diaryl/α,β-unsaturated/α-hetero) is 1. The molecule has 0 saturated carbocycles. The van der Waals surface area contributed by atoms with Crippen LogP contribution in [0.4, 0.5) is 0 Å². The van der Waals surface area contributed by atoms with Crippen molar-refractivity contribution in [1.29, 1.82) is 5.26 Å². The van der Waals surface area contributed by atoms with Gasteiger partial charge in [0, 0.05) is 19.0 Å². The van der Waals surface area contributed by atoms with Gasteiger partial charge in [-0.1, -0.05) is 6.92 Å². The molecule has 1 aliphatic rings. The highest BCUT2D eigenvalue weighted by molar-refractivity contribution is 7.90. The lowest BCUT2D eigenvalue weighted by Crippen LogP contribution is -2.41. The van der Waals surface area contributed by atoms with Gasteiger partial charge in [0.2, 0.25) is 10.0 Å². The maximum absolute atomic E-state index is 12.2. The van der Waals surface area contributed by atoms with Crippen LogP contribution in [0.1, 0.15) is 39.5 Å². The van der Waals surface area contributed by atoms with E-state index in [1.54, 1.807) is 6.92 Å². The molecule has 5 nitrogen and oxygen atoms in total. The Labute approximate surface area is 102 Å². The Morgan fingerprint density at radius 3 is 2.71 bits per heavy atom. The van der Waals surface area contributed by atoms with Crippen LogP contribution < -0.4 is 0 Å². The van der Waals surface area contributed by atoms with E-state index >= 15 is 0 Å². The van der Waals surface area contributed by atoms with Gasteiger partial charge in [-0.3, -0.25) is 4.79 Å². The fourth-order valence-electron chi connectivity index (χ4n) is 2.21. The van der Waals surface area contributed by atoms with Gasteiger partial charge in [-0.2, -0.15) is 9.57 Å². The van der Waals surface area contributed by atoms with E-state index in [9.17, 15) is 13.2 Å². The van der Waals surface area contributed by atoms with Crippen LogP contribution in [0.5, 0.6) is 0 Å². The van der Waals surface area contributed by atoms with Gasteiger partial charge in [-0.05, 0) is 26.2 Å². The van der Waals surface area contributed by atoms with Crippen molar-refractivity contribution < 1.29 is 13.2 Å². The van der Waals surface area contributed by atoms with E-state index < -0.39 is 15.3 Å². The van der Waals surface area contributed by atoms with Crippen molar-refractivity contribution >= 4 is 15.8 Å². The fourth-order valence-corrected chi connectivity index (χ4v) is 4.07. The van der Waals surface area contributed by atoms with Crippen LogP contribution in [0, 0.1) is 11.3 Å². The molecule has 0 N–H and O–H groups in total. The number of hydrogen-bond acceptors (Lipinski definition) is 4. The fraction of sp³-hybridized carbons (Fsp3) is 0.818. The van der Waals surface area contributed by atoms with Crippen LogP contribution in [0.3, 0.4) is 0 Å². The third kappa shape index (κ3) is 3.05. The number of carbonyl (C=O) groups is 1. The highest BCUT2D eigenvalue weighted by atomic mass is 32.2. The van der Waals surface area contributed by atoms with Gasteiger partial charge in [0.25, 0.3) is 0 Å². The maximum atomic E-state index is 12.2. The van der Waals surface area contributed by atoms with E-state index in [0.717, 1.165) is 6.42 Å². The first-order valence-corrected chi connectivity index (χ1v) is 7.33. The molecule has 1 heterocycles. The topological polar surface area (TPSA) is 78.2 Å². The molecule has 0 radical (unpaired) electrons. The Morgan fingerprint density at radius 1 is 1.59 bits per heavy atom. The average Bonchev–Trinajstić information content (AvgIpc) is 2.66. The molecule has 0 aromatic carbocycles. The number of nitrogens with zero attached hydrogens (tertiary/aromatic N) is 2. The largest absolute Gasteiger partial charge is 0.300 e. The molecule has 0 aromatic rings. The highest BCUT2D eigenvalue weighted by Crippen LogP contribution is 2.26. The van der Waals surface area contributed by atoms with Gasteiger partial charge in [0.05, 0.1) is 6.07 Å². The van der Waals surface area contributed by atoms with E-state index in [1.807, 2.05) is 6.07 Å². The van der Waals surface area contributed by atoms with Crippen LogP contribution in [0.25, 0.3) is 0 Å². The Kier molecular flexibility index (Phi) is 4.66. The number of nitriles is 1. The van der Waals surface area contributed by atoms with Gasteiger partial charge in [0.15, 0.2) is 5.25 Å². The van der Waals surface area contributed by atoms with E-state index in [2.05, 4.69) is 0 Å². The van der Waals surface area contributed by atoms with Crippen molar-refractivity contribution in [2.75, 3.05) is 6.54 Å². The van der Waals surface area contributed by atoms with Crippen molar-refractivity contribution in [3.8, 4) is 6.07 Å². The standard InChI is InChI=1S/C11H18N2O3S/c1-3-11(8-12)17(15,16)13-6-4-5-10(13)7-9(2)14/h10-11H,3-7H2,1-2H3. The summed E-state index contributed by atoms with van der Waals surface area (Å²) in [4.78, 5) is 11.1. The average molecular weight is 258 g/mol. The van der Waals surface area contributed by atoms with Crippen LogP contribution in [0.2, 0.25) is 0 Å². The lowest BCUT2D eigenvalue weighted by molar-refractivity contribution is -0.117. The number of ketones is 1. The Balaban J connectivity index is 2.91. The molecule has 0 spiro atoms. The summed E-state index contributed by atoms with van der Waals surface area (Å²) >= 11 is 0. The SMILES string of the molecule is CCC(C#N)S(=O)(=O)N1CCCC1CC(C)=O. The third-order valence-electron chi connectivity index (χ3n) is 3.05. The van der Waals surface area contributed by atoms with Crippen molar-refractivity contribution in [1.82, 2.24) is 4.31 Å². The van der Waals surface area contributed by atoms with Crippen molar-refractivity contribution in [2.24, 2.45) is 0 Å². The molecular weight excluding hydrogens is 240 g/mol. The zero-order valence-corrected chi connectivity index (χ0v) is 11.0. The second-order valence-corrected chi connectivity index (χ2v) is 6.45.